The third-order valence-electron chi connectivity index (χ3n) is 2.76. The first kappa shape index (κ1) is 15.9. The molecule has 0 aliphatic rings. The third kappa shape index (κ3) is 5.83. The Morgan fingerprint density at radius 3 is 2.86 bits per heavy atom. The van der Waals surface area contributed by atoms with Crippen LogP contribution in [-0.2, 0) is 11.2 Å². The maximum Gasteiger partial charge on any atom is 0.239 e. The van der Waals surface area contributed by atoms with Crippen molar-refractivity contribution in [1.29, 1.82) is 0 Å². The minimum atomic E-state index is -0.126. The molecule has 0 unspecified atom stereocenters. The first-order valence-corrected chi connectivity index (χ1v) is 7.67. The monoisotopic (exact) mass is 367 g/mol. The van der Waals surface area contributed by atoms with Gasteiger partial charge in [0, 0.05) is 10.7 Å². The van der Waals surface area contributed by atoms with E-state index in [1.54, 1.807) is 12.1 Å². The predicted molar refractivity (Wildman–Crippen MR) is 88.6 cm³/mol. The zero-order valence-electron chi connectivity index (χ0n) is 11.3. The first-order valence-electron chi connectivity index (χ1n) is 6.50. The first-order chi connectivity index (χ1) is 10.1. The van der Waals surface area contributed by atoms with Crippen molar-refractivity contribution < 1.29 is 4.79 Å². The second-order valence-electron chi connectivity index (χ2n) is 4.47. The smallest absolute Gasteiger partial charge is 0.239 e. The lowest BCUT2D eigenvalue weighted by atomic mass is 10.1. The number of aromatic nitrogens is 1. The van der Waals surface area contributed by atoms with Crippen LogP contribution in [0.5, 0.6) is 0 Å². The number of hydrogen-bond acceptors (Lipinski definition) is 3. The van der Waals surface area contributed by atoms with E-state index in [9.17, 15) is 4.79 Å². The average Bonchev–Trinajstić information content (AvgIpc) is 2.46. The Hall–Kier alpha value is -1.43. The molecule has 21 heavy (non-hydrogen) atoms. The van der Waals surface area contributed by atoms with Crippen molar-refractivity contribution in [3.8, 4) is 0 Å². The highest BCUT2D eigenvalue weighted by Crippen LogP contribution is 2.11. The van der Waals surface area contributed by atoms with Crippen LogP contribution in [0, 0.1) is 0 Å². The molecule has 0 bridgehead atoms. The topological polar surface area (TPSA) is 54.0 Å². The Morgan fingerprint density at radius 1 is 1.29 bits per heavy atom. The van der Waals surface area contributed by atoms with E-state index in [4.69, 9.17) is 11.6 Å². The van der Waals surface area contributed by atoms with Crippen LogP contribution >= 0.6 is 27.5 Å². The normalized spacial score (nSPS) is 10.4. The highest BCUT2D eigenvalue weighted by Gasteiger charge is 2.02. The van der Waals surface area contributed by atoms with Crippen LogP contribution in [0.25, 0.3) is 0 Å². The molecule has 0 atom stereocenters. The third-order valence-corrected chi connectivity index (χ3v) is 3.48. The lowest BCUT2D eigenvalue weighted by Crippen LogP contribution is -2.29. The van der Waals surface area contributed by atoms with Crippen molar-refractivity contribution in [2.75, 3.05) is 18.4 Å². The number of amides is 1. The van der Waals surface area contributed by atoms with Crippen molar-refractivity contribution >= 4 is 39.3 Å². The lowest BCUT2D eigenvalue weighted by molar-refractivity contribution is -0.115. The van der Waals surface area contributed by atoms with Gasteiger partial charge < -0.3 is 10.6 Å². The van der Waals surface area contributed by atoms with Gasteiger partial charge in [0.2, 0.25) is 5.91 Å². The maximum absolute atomic E-state index is 11.7. The van der Waals surface area contributed by atoms with Gasteiger partial charge in [-0.05, 0) is 42.8 Å². The number of halogens is 2. The molecule has 0 saturated heterocycles. The predicted octanol–water partition coefficient (Wildman–Crippen LogP) is 3.27. The van der Waals surface area contributed by atoms with E-state index in [1.165, 1.54) is 11.8 Å². The highest BCUT2D eigenvalue weighted by atomic mass is 79.9. The average molecular weight is 369 g/mol. The summed E-state index contributed by atoms with van der Waals surface area (Å²) in [6.45, 7) is 0.982. The minimum Gasteiger partial charge on any atom is -0.310 e. The molecule has 6 heteroatoms. The van der Waals surface area contributed by atoms with E-state index in [2.05, 4.69) is 43.7 Å². The van der Waals surface area contributed by atoms with Crippen molar-refractivity contribution in [3.63, 3.8) is 0 Å². The van der Waals surface area contributed by atoms with Crippen LogP contribution in [0.1, 0.15) is 5.56 Å². The Labute approximate surface area is 137 Å². The molecule has 0 aliphatic heterocycles. The van der Waals surface area contributed by atoms with Crippen LogP contribution in [0.4, 0.5) is 5.82 Å². The Balaban J connectivity index is 1.68. The summed E-state index contributed by atoms with van der Waals surface area (Å²) in [6, 6.07) is 11.5. The van der Waals surface area contributed by atoms with Crippen molar-refractivity contribution in [1.82, 2.24) is 10.3 Å². The molecule has 1 amide bonds. The molecule has 0 fully saturated rings. The summed E-state index contributed by atoms with van der Waals surface area (Å²) in [7, 11) is 0. The molecule has 2 rings (SSSR count). The van der Waals surface area contributed by atoms with Crippen LogP contribution in [0.15, 0.2) is 47.1 Å². The summed E-state index contributed by atoms with van der Waals surface area (Å²) < 4.78 is 1.06. The molecule has 0 saturated carbocycles. The number of hydrogen-bond donors (Lipinski definition) is 2. The molecule has 0 aliphatic carbocycles. The van der Waals surface area contributed by atoms with Gasteiger partial charge in [0.25, 0.3) is 0 Å². The molecule has 0 spiro atoms. The fraction of sp³-hybridized carbons (Fsp3) is 0.200. The quantitative estimate of drug-likeness (QED) is 0.770. The van der Waals surface area contributed by atoms with Crippen LogP contribution in [0.2, 0.25) is 5.02 Å². The summed E-state index contributed by atoms with van der Waals surface area (Å²) in [5, 5.41) is 6.34. The van der Waals surface area contributed by atoms with Gasteiger partial charge >= 0.3 is 0 Å². The second kappa shape index (κ2) is 8.12. The van der Waals surface area contributed by atoms with Gasteiger partial charge in [-0.25, -0.2) is 4.98 Å². The number of nitrogens with one attached hydrogen (secondary N) is 2. The summed E-state index contributed by atoms with van der Waals surface area (Å²) in [5.41, 5.74) is 1.22. The van der Waals surface area contributed by atoms with Gasteiger partial charge in [0.1, 0.15) is 5.82 Å². The zero-order chi connectivity index (χ0) is 15.1. The van der Waals surface area contributed by atoms with Crippen LogP contribution in [0.3, 0.4) is 0 Å². The Morgan fingerprint density at radius 2 is 2.14 bits per heavy atom. The van der Waals surface area contributed by atoms with Gasteiger partial charge in [-0.1, -0.05) is 39.7 Å². The standard InChI is InChI=1S/C15H15BrClN3O/c16-12-3-1-2-11(8-12)6-7-18-10-15(21)20-14-5-4-13(17)9-19-14/h1-5,8-9,18H,6-7,10H2,(H,19,20,21). The molecule has 110 valence electrons. The molecule has 2 aromatic rings. The van der Waals surface area contributed by atoms with Crippen molar-refractivity contribution in [3.05, 3.63) is 57.7 Å². The fourth-order valence-corrected chi connectivity index (χ4v) is 2.32. The largest absolute Gasteiger partial charge is 0.310 e. The lowest BCUT2D eigenvalue weighted by Gasteiger charge is -2.06. The van der Waals surface area contributed by atoms with Gasteiger partial charge in [-0.15, -0.1) is 0 Å². The highest BCUT2D eigenvalue weighted by molar-refractivity contribution is 9.10. The van der Waals surface area contributed by atoms with E-state index in [0.717, 1.165) is 17.4 Å². The number of pyridine rings is 1. The van der Waals surface area contributed by atoms with Gasteiger partial charge in [0.15, 0.2) is 0 Å². The number of rotatable bonds is 6. The number of carbonyl (C=O) groups is 1. The molecule has 4 nitrogen and oxygen atoms in total. The van der Waals surface area contributed by atoms with E-state index in [1.807, 2.05) is 12.1 Å². The Kier molecular flexibility index (Phi) is 6.17. The van der Waals surface area contributed by atoms with Gasteiger partial charge in [0.05, 0.1) is 11.6 Å². The summed E-state index contributed by atoms with van der Waals surface area (Å²) in [4.78, 5) is 15.7. The molecule has 1 heterocycles. The SMILES string of the molecule is O=C(CNCCc1cccc(Br)c1)Nc1ccc(Cl)cn1. The molecule has 2 N–H and O–H groups in total. The second-order valence-corrected chi connectivity index (χ2v) is 5.82. The molecule has 1 aromatic heterocycles. The van der Waals surface area contributed by atoms with E-state index in [0.29, 0.717) is 10.8 Å². The Bertz CT molecular complexity index is 604. The zero-order valence-corrected chi connectivity index (χ0v) is 13.6. The number of nitrogens with zero attached hydrogens (tertiary/aromatic N) is 1. The fourth-order valence-electron chi connectivity index (χ4n) is 1.76. The van der Waals surface area contributed by atoms with Crippen molar-refractivity contribution in [2.45, 2.75) is 6.42 Å². The molecule has 1 aromatic carbocycles. The maximum atomic E-state index is 11.7. The molecular weight excluding hydrogens is 354 g/mol. The minimum absolute atomic E-state index is 0.126. The van der Waals surface area contributed by atoms with Crippen LogP contribution in [-0.4, -0.2) is 24.0 Å². The molecular formula is C15H15BrClN3O. The van der Waals surface area contributed by atoms with Gasteiger partial charge in [-0.3, -0.25) is 4.79 Å². The number of benzene rings is 1. The van der Waals surface area contributed by atoms with Crippen LogP contribution < -0.4 is 10.6 Å². The summed E-state index contributed by atoms with van der Waals surface area (Å²) in [6.07, 6.45) is 2.36. The van der Waals surface area contributed by atoms with Gasteiger partial charge in [-0.2, -0.15) is 0 Å². The number of carbonyl (C=O) groups excluding carboxylic acids is 1. The van der Waals surface area contributed by atoms with E-state index >= 15 is 0 Å². The van der Waals surface area contributed by atoms with Crippen molar-refractivity contribution in [2.24, 2.45) is 0 Å². The summed E-state index contributed by atoms with van der Waals surface area (Å²) >= 11 is 9.16. The summed E-state index contributed by atoms with van der Waals surface area (Å²) in [5.74, 6) is 0.372. The number of anilines is 1. The van der Waals surface area contributed by atoms with E-state index in [-0.39, 0.29) is 12.5 Å². The van der Waals surface area contributed by atoms with E-state index < -0.39 is 0 Å². The molecule has 0 radical (unpaired) electrons.